The summed E-state index contributed by atoms with van der Waals surface area (Å²) in [6.45, 7) is -0.365. The predicted molar refractivity (Wildman–Crippen MR) is 64.9 cm³/mol. The van der Waals surface area contributed by atoms with Gasteiger partial charge in [-0.25, -0.2) is 0 Å². The largest absolute Gasteiger partial charge is 0.394 e. The zero-order chi connectivity index (χ0) is 13.6. The maximum absolute atomic E-state index is 9.99. The predicted octanol–water partition coefficient (Wildman–Crippen LogP) is -1.38. The lowest BCUT2D eigenvalue weighted by Gasteiger charge is -2.17. The number of rotatable bonds is 2. The minimum atomic E-state index is -1.14. The molecule has 3 rings (SSSR count). The monoisotopic (exact) mass is 266 g/mol. The number of nitrogen functional groups attached to an aromatic ring is 1. The number of aliphatic hydroxyl groups excluding tert-OH is 3. The molecule has 5 N–H and O–H groups in total. The normalized spacial score (nSPS) is 31.1. The van der Waals surface area contributed by atoms with Crippen molar-refractivity contribution in [1.82, 2.24) is 14.8 Å². The average Bonchev–Trinajstić information content (AvgIpc) is 2.94. The Morgan fingerprint density at radius 3 is 2.84 bits per heavy atom. The van der Waals surface area contributed by atoms with E-state index in [4.69, 9.17) is 15.6 Å². The van der Waals surface area contributed by atoms with Crippen molar-refractivity contribution in [1.29, 1.82) is 0 Å². The van der Waals surface area contributed by atoms with Gasteiger partial charge in [0.1, 0.15) is 18.3 Å². The van der Waals surface area contributed by atoms with Crippen LogP contribution >= 0.6 is 0 Å². The number of ether oxygens (including phenoxy) is 1. The van der Waals surface area contributed by atoms with Gasteiger partial charge in [-0.2, -0.15) is 5.10 Å². The van der Waals surface area contributed by atoms with Crippen LogP contribution in [0.2, 0.25) is 0 Å². The number of anilines is 1. The lowest BCUT2D eigenvalue weighted by Crippen LogP contribution is -2.33. The molecule has 0 unspecified atom stereocenters. The number of hydrogen-bond donors (Lipinski definition) is 4. The summed E-state index contributed by atoms with van der Waals surface area (Å²) in [5.41, 5.74) is 6.35. The molecule has 0 bridgehead atoms. The maximum atomic E-state index is 9.99. The summed E-state index contributed by atoms with van der Waals surface area (Å²) in [6, 6.07) is 1.73. The fraction of sp³-hybridized carbons (Fsp3) is 0.455. The zero-order valence-electron chi connectivity index (χ0n) is 9.92. The Morgan fingerprint density at radius 1 is 1.37 bits per heavy atom. The molecule has 0 saturated carbocycles. The number of fused-ring (bicyclic) bond motifs is 1. The van der Waals surface area contributed by atoms with Gasteiger partial charge in [0.2, 0.25) is 0 Å². The van der Waals surface area contributed by atoms with Crippen molar-refractivity contribution in [2.75, 3.05) is 12.3 Å². The number of aromatic nitrogens is 3. The first-order valence-corrected chi connectivity index (χ1v) is 5.83. The van der Waals surface area contributed by atoms with Crippen LogP contribution in [-0.4, -0.2) is 55.0 Å². The van der Waals surface area contributed by atoms with Gasteiger partial charge in [0.05, 0.1) is 18.3 Å². The third kappa shape index (κ3) is 1.77. The van der Waals surface area contributed by atoms with E-state index in [-0.39, 0.29) is 12.4 Å². The first-order valence-electron chi connectivity index (χ1n) is 5.83. The Labute approximate surface area is 108 Å². The Morgan fingerprint density at radius 2 is 2.16 bits per heavy atom. The molecule has 19 heavy (non-hydrogen) atoms. The van der Waals surface area contributed by atoms with Crippen LogP contribution in [0.5, 0.6) is 0 Å². The summed E-state index contributed by atoms with van der Waals surface area (Å²) in [5.74, 6) is 0.281. The summed E-state index contributed by atoms with van der Waals surface area (Å²) in [7, 11) is 0. The van der Waals surface area contributed by atoms with Crippen LogP contribution in [0.3, 0.4) is 0 Å². The van der Waals surface area contributed by atoms with Gasteiger partial charge in [0.25, 0.3) is 0 Å². The highest BCUT2D eigenvalue weighted by atomic mass is 16.6. The smallest absolute Gasteiger partial charge is 0.163 e. The molecule has 2 aromatic rings. The van der Waals surface area contributed by atoms with Crippen LogP contribution in [0.4, 0.5) is 5.82 Å². The lowest BCUT2D eigenvalue weighted by molar-refractivity contribution is -0.0506. The number of hydrogen-bond acceptors (Lipinski definition) is 7. The van der Waals surface area contributed by atoms with Crippen LogP contribution in [0, 0.1) is 0 Å². The van der Waals surface area contributed by atoms with E-state index in [1.165, 1.54) is 6.20 Å². The molecule has 8 heteroatoms. The van der Waals surface area contributed by atoms with E-state index in [0.717, 1.165) is 0 Å². The minimum Gasteiger partial charge on any atom is -0.394 e. The fourth-order valence-corrected chi connectivity index (χ4v) is 2.34. The van der Waals surface area contributed by atoms with E-state index in [1.54, 1.807) is 16.8 Å². The number of nitrogens with zero attached hydrogens (tertiary/aromatic N) is 3. The molecule has 3 heterocycles. The molecule has 8 nitrogen and oxygen atoms in total. The van der Waals surface area contributed by atoms with Gasteiger partial charge in [-0.15, -0.1) is 5.10 Å². The molecule has 1 fully saturated rings. The molecule has 2 aromatic heterocycles. The van der Waals surface area contributed by atoms with Gasteiger partial charge in [0, 0.05) is 11.6 Å². The van der Waals surface area contributed by atoms with Crippen LogP contribution in [0.15, 0.2) is 18.5 Å². The second-order valence-corrected chi connectivity index (χ2v) is 4.48. The van der Waals surface area contributed by atoms with Crippen LogP contribution in [0.25, 0.3) is 10.9 Å². The fourth-order valence-electron chi connectivity index (χ4n) is 2.34. The summed E-state index contributed by atoms with van der Waals surface area (Å²) in [5, 5.41) is 37.0. The van der Waals surface area contributed by atoms with E-state index in [1.807, 2.05) is 0 Å². The first-order chi connectivity index (χ1) is 9.13. The van der Waals surface area contributed by atoms with E-state index >= 15 is 0 Å². The molecule has 1 aliphatic heterocycles. The van der Waals surface area contributed by atoms with Gasteiger partial charge in [0.15, 0.2) is 12.0 Å². The van der Waals surface area contributed by atoms with Crippen LogP contribution in [0.1, 0.15) is 6.23 Å². The van der Waals surface area contributed by atoms with Crippen molar-refractivity contribution in [2.45, 2.75) is 24.5 Å². The molecule has 0 aliphatic carbocycles. The van der Waals surface area contributed by atoms with E-state index in [2.05, 4.69) is 10.2 Å². The summed E-state index contributed by atoms with van der Waals surface area (Å²) < 4.78 is 7.07. The molecule has 0 radical (unpaired) electrons. The SMILES string of the molecule is Nc1nncc2c1ccn2[C@@H]1O[C@H](CO)[C@@H](O)[C@@H]1O. The Kier molecular flexibility index (Phi) is 2.86. The molecule has 4 atom stereocenters. The molecule has 0 aromatic carbocycles. The quantitative estimate of drug-likeness (QED) is 0.528. The molecule has 0 spiro atoms. The van der Waals surface area contributed by atoms with Gasteiger partial charge in [-0.3, -0.25) is 0 Å². The van der Waals surface area contributed by atoms with Crippen molar-refractivity contribution in [3.05, 3.63) is 18.5 Å². The van der Waals surface area contributed by atoms with Gasteiger partial charge in [-0.05, 0) is 6.07 Å². The topological polar surface area (TPSA) is 127 Å². The molecule has 1 aliphatic rings. The molecular weight excluding hydrogens is 252 g/mol. The molecular formula is C11H14N4O4. The highest BCUT2D eigenvalue weighted by Crippen LogP contribution is 2.32. The second kappa shape index (κ2) is 4.42. The summed E-state index contributed by atoms with van der Waals surface area (Å²) >= 11 is 0. The zero-order valence-corrected chi connectivity index (χ0v) is 9.92. The van der Waals surface area contributed by atoms with Crippen LogP contribution < -0.4 is 5.73 Å². The lowest BCUT2D eigenvalue weighted by atomic mass is 10.1. The summed E-state index contributed by atoms with van der Waals surface area (Å²) in [4.78, 5) is 0. The third-order valence-corrected chi connectivity index (χ3v) is 3.37. The van der Waals surface area contributed by atoms with Crippen molar-refractivity contribution in [3.8, 4) is 0 Å². The van der Waals surface area contributed by atoms with E-state index in [9.17, 15) is 10.2 Å². The standard InChI is InChI=1S/C11H14N4O4/c12-10-5-1-2-15(6(5)3-13-14-10)11-9(18)8(17)7(4-16)19-11/h1-3,7-9,11,16-18H,4H2,(H2,12,14)/t7-,8-,9+,11-/m1/s1. The highest BCUT2D eigenvalue weighted by Gasteiger charge is 2.43. The second-order valence-electron chi connectivity index (χ2n) is 4.48. The maximum Gasteiger partial charge on any atom is 0.163 e. The van der Waals surface area contributed by atoms with E-state index < -0.39 is 24.5 Å². The van der Waals surface area contributed by atoms with Crippen molar-refractivity contribution in [2.24, 2.45) is 0 Å². The molecule has 0 amide bonds. The average molecular weight is 266 g/mol. The Bertz CT molecular complexity index is 601. The minimum absolute atomic E-state index is 0.281. The molecule has 1 saturated heterocycles. The van der Waals surface area contributed by atoms with Crippen molar-refractivity contribution >= 4 is 16.7 Å². The van der Waals surface area contributed by atoms with Gasteiger partial charge < -0.3 is 30.4 Å². The van der Waals surface area contributed by atoms with Crippen molar-refractivity contribution in [3.63, 3.8) is 0 Å². The number of aliphatic hydroxyl groups is 3. The van der Waals surface area contributed by atoms with E-state index in [0.29, 0.717) is 10.9 Å². The third-order valence-electron chi connectivity index (χ3n) is 3.37. The van der Waals surface area contributed by atoms with Crippen molar-refractivity contribution < 1.29 is 20.1 Å². The highest BCUT2D eigenvalue weighted by molar-refractivity contribution is 5.88. The van der Waals surface area contributed by atoms with Gasteiger partial charge in [-0.1, -0.05) is 0 Å². The molecule has 102 valence electrons. The number of nitrogens with two attached hydrogens (primary N) is 1. The van der Waals surface area contributed by atoms with Gasteiger partial charge >= 0.3 is 0 Å². The Balaban J connectivity index is 2.04. The Hall–Kier alpha value is -1.74. The van der Waals surface area contributed by atoms with Crippen LogP contribution in [-0.2, 0) is 4.74 Å². The first kappa shape index (κ1) is 12.3. The summed E-state index contributed by atoms with van der Waals surface area (Å²) in [6.07, 6.45) is -0.717.